The summed E-state index contributed by atoms with van der Waals surface area (Å²) in [4.78, 5) is 35.5. The molecule has 2 aromatic heterocycles. The largest absolute Gasteiger partial charge is 0.378 e. The van der Waals surface area contributed by atoms with E-state index in [1.807, 2.05) is 37.3 Å². The number of amides is 2. The first kappa shape index (κ1) is 24.1. The van der Waals surface area contributed by atoms with Crippen LogP contribution < -0.4 is 15.5 Å². The molecule has 0 bridgehead atoms. The SMILES string of the molecule is CCNC(=O)Nc1ccc(-c2nc3c(c(N4CCOCC4)n2)CCN(Cc2ncccn2)[C@@H]3C)cc1. The van der Waals surface area contributed by atoms with E-state index in [2.05, 4.69) is 37.3 Å². The summed E-state index contributed by atoms with van der Waals surface area (Å²) in [6.45, 7) is 9.24. The van der Waals surface area contributed by atoms with Crippen molar-refractivity contribution in [3.8, 4) is 11.4 Å². The van der Waals surface area contributed by atoms with Crippen molar-refractivity contribution in [2.45, 2.75) is 32.9 Å². The van der Waals surface area contributed by atoms with Gasteiger partial charge in [0.2, 0.25) is 0 Å². The van der Waals surface area contributed by atoms with Crippen molar-refractivity contribution in [3.05, 3.63) is 59.8 Å². The second-order valence-electron chi connectivity index (χ2n) is 8.96. The summed E-state index contributed by atoms with van der Waals surface area (Å²) in [6.07, 6.45) is 4.44. The number of rotatable bonds is 6. The molecule has 0 radical (unpaired) electrons. The van der Waals surface area contributed by atoms with Gasteiger partial charge in [0.05, 0.1) is 31.5 Å². The summed E-state index contributed by atoms with van der Waals surface area (Å²) >= 11 is 0. The van der Waals surface area contributed by atoms with Crippen LogP contribution in [-0.4, -0.2) is 70.3 Å². The molecule has 1 atom stereocenters. The van der Waals surface area contributed by atoms with Crippen LogP contribution in [0.4, 0.5) is 16.3 Å². The molecule has 2 amide bonds. The fourth-order valence-electron chi connectivity index (χ4n) is 4.71. The Balaban J connectivity index is 1.47. The highest BCUT2D eigenvalue weighted by atomic mass is 16.5. The Morgan fingerprint density at radius 3 is 2.56 bits per heavy atom. The molecule has 188 valence electrons. The first-order chi connectivity index (χ1) is 17.6. The number of ether oxygens (including phenoxy) is 1. The topological polar surface area (TPSA) is 108 Å². The number of fused-ring (bicyclic) bond motifs is 1. The zero-order chi connectivity index (χ0) is 24.9. The number of nitrogens with one attached hydrogen (secondary N) is 2. The van der Waals surface area contributed by atoms with Crippen molar-refractivity contribution in [2.75, 3.05) is 49.6 Å². The molecule has 0 unspecified atom stereocenters. The fourth-order valence-corrected chi connectivity index (χ4v) is 4.71. The molecule has 10 nitrogen and oxygen atoms in total. The van der Waals surface area contributed by atoms with Crippen molar-refractivity contribution in [3.63, 3.8) is 0 Å². The first-order valence-corrected chi connectivity index (χ1v) is 12.5. The smallest absolute Gasteiger partial charge is 0.319 e. The van der Waals surface area contributed by atoms with E-state index in [0.29, 0.717) is 32.1 Å². The van der Waals surface area contributed by atoms with Crippen LogP contribution in [0.5, 0.6) is 0 Å². The summed E-state index contributed by atoms with van der Waals surface area (Å²) in [5, 5.41) is 5.58. The van der Waals surface area contributed by atoms with E-state index in [1.165, 1.54) is 5.56 Å². The summed E-state index contributed by atoms with van der Waals surface area (Å²) in [5.41, 5.74) is 3.89. The highest BCUT2D eigenvalue weighted by Crippen LogP contribution is 2.36. The Morgan fingerprint density at radius 2 is 1.83 bits per heavy atom. The molecule has 0 saturated carbocycles. The number of morpholine rings is 1. The zero-order valence-corrected chi connectivity index (χ0v) is 20.8. The monoisotopic (exact) mass is 488 g/mol. The van der Waals surface area contributed by atoms with Gasteiger partial charge in [0.1, 0.15) is 11.6 Å². The molecule has 0 spiro atoms. The van der Waals surface area contributed by atoms with E-state index in [4.69, 9.17) is 14.7 Å². The average Bonchev–Trinajstić information content (AvgIpc) is 2.91. The second kappa shape index (κ2) is 11.0. The maximum atomic E-state index is 11.9. The third-order valence-corrected chi connectivity index (χ3v) is 6.62. The molecule has 3 aromatic rings. The first-order valence-electron chi connectivity index (χ1n) is 12.5. The number of aromatic nitrogens is 4. The minimum Gasteiger partial charge on any atom is -0.378 e. The summed E-state index contributed by atoms with van der Waals surface area (Å²) < 4.78 is 5.60. The van der Waals surface area contributed by atoms with Crippen LogP contribution in [-0.2, 0) is 17.7 Å². The Bertz CT molecular complexity index is 1180. The lowest BCUT2D eigenvalue weighted by Gasteiger charge is -2.37. The second-order valence-corrected chi connectivity index (χ2v) is 8.96. The lowest BCUT2D eigenvalue weighted by Crippen LogP contribution is -2.40. The van der Waals surface area contributed by atoms with Crippen LogP contribution in [0.1, 0.15) is 37.0 Å². The van der Waals surface area contributed by atoms with E-state index in [1.54, 1.807) is 12.4 Å². The summed E-state index contributed by atoms with van der Waals surface area (Å²) in [6, 6.07) is 9.38. The van der Waals surface area contributed by atoms with Gasteiger partial charge in [0.15, 0.2) is 5.82 Å². The molecule has 1 saturated heterocycles. The number of hydrogen-bond acceptors (Lipinski definition) is 8. The molecular formula is C26H32N8O2. The fraction of sp³-hybridized carbons (Fsp3) is 0.423. The molecule has 10 heteroatoms. The molecule has 2 N–H and O–H groups in total. The quantitative estimate of drug-likeness (QED) is 0.545. The maximum Gasteiger partial charge on any atom is 0.319 e. The van der Waals surface area contributed by atoms with Crippen molar-refractivity contribution in [1.29, 1.82) is 0 Å². The number of benzene rings is 1. The van der Waals surface area contributed by atoms with Crippen LogP contribution in [0.25, 0.3) is 11.4 Å². The van der Waals surface area contributed by atoms with Gasteiger partial charge < -0.3 is 20.3 Å². The molecule has 4 heterocycles. The minimum atomic E-state index is -0.221. The number of anilines is 2. The Morgan fingerprint density at radius 1 is 1.08 bits per heavy atom. The third-order valence-electron chi connectivity index (χ3n) is 6.62. The van der Waals surface area contributed by atoms with Crippen molar-refractivity contribution in [1.82, 2.24) is 30.2 Å². The highest BCUT2D eigenvalue weighted by Gasteiger charge is 2.31. The lowest BCUT2D eigenvalue weighted by molar-refractivity contribution is 0.122. The normalized spacial score (nSPS) is 17.9. The van der Waals surface area contributed by atoms with Gasteiger partial charge in [-0.25, -0.2) is 24.7 Å². The predicted molar refractivity (Wildman–Crippen MR) is 138 cm³/mol. The Hall–Kier alpha value is -3.63. The lowest BCUT2D eigenvalue weighted by atomic mass is 9.98. The van der Waals surface area contributed by atoms with Gasteiger partial charge in [-0.2, -0.15) is 0 Å². The van der Waals surface area contributed by atoms with Gasteiger partial charge >= 0.3 is 6.03 Å². The maximum absolute atomic E-state index is 11.9. The molecule has 0 aliphatic carbocycles. The van der Waals surface area contributed by atoms with Crippen LogP contribution >= 0.6 is 0 Å². The number of carbonyl (C=O) groups excluding carboxylic acids is 1. The number of carbonyl (C=O) groups is 1. The van der Waals surface area contributed by atoms with E-state index >= 15 is 0 Å². The molecule has 36 heavy (non-hydrogen) atoms. The van der Waals surface area contributed by atoms with Crippen LogP contribution in [0.3, 0.4) is 0 Å². The molecule has 1 aromatic carbocycles. The third kappa shape index (κ3) is 5.29. The number of hydrogen-bond donors (Lipinski definition) is 2. The van der Waals surface area contributed by atoms with E-state index in [-0.39, 0.29) is 12.1 Å². The molecule has 5 rings (SSSR count). The molecular weight excluding hydrogens is 456 g/mol. The van der Waals surface area contributed by atoms with Gasteiger partial charge in [-0.3, -0.25) is 4.90 Å². The zero-order valence-electron chi connectivity index (χ0n) is 20.8. The van der Waals surface area contributed by atoms with E-state index in [9.17, 15) is 4.79 Å². The number of nitrogens with zero attached hydrogens (tertiary/aromatic N) is 6. The Labute approximate surface area is 211 Å². The molecule has 1 fully saturated rings. The van der Waals surface area contributed by atoms with Gasteiger partial charge in [0, 0.05) is 55.4 Å². The van der Waals surface area contributed by atoms with Crippen LogP contribution in [0, 0.1) is 0 Å². The van der Waals surface area contributed by atoms with Crippen LogP contribution in [0.2, 0.25) is 0 Å². The van der Waals surface area contributed by atoms with Crippen molar-refractivity contribution in [2.24, 2.45) is 0 Å². The van der Waals surface area contributed by atoms with Crippen molar-refractivity contribution >= 4 is 17.5 Å². The van der Waals surface area contributed by atoms with E-state index < -0.39 is 0 Å². The standard InChI is InChI=1S/C26H32N8O2/c1-3-27-26(35)30-20-7-5-19(6-8-20)24-31-23-18(2)34(17-22-28-10-4-11-29-22)12-9-21(23)25(32-24)33-13-15-36-16-14-33/h4-8,10-11,18H,3,9,12-17H2,1-2H3,(H2,27,30,35)/t18-/m1/s1. The number of urea groups is 1. The van der Waals surface area contributed by atoms with Gasteiger partial charge in [0.25, 0.3) is 0 Å². The highest BCUT2D eigenvalue weighted by molar-refractivity contribution is 5.89. The summed E-state index contributed by atoms with van der Waals surface area (Å²) in [7, 11) is 0. The summed E-state index contributed by atoms with van der Waals surface area (Å²) in [5.74, 6) is 2.50. The van der Waals surface area contributed by atoms with Gasteiger partial charge in [-0.1, -0.05) is 0 Å². The minimum absolute atomic E-state index is 0.0952. The molecule has 2 aliphatic heterocycles. The average molecular weight is 489 g/mol. The predicted octanol–water partition coefficient (Wildman–Crippen LogP) is 3.03. The van der Waals surface area contributed by atoms with Gasteiger partial charge in [-0.05, 0) is 50.6 Å². The van der Waals surface area contributed by atoms with Crippen LogP contribution in [0.15, 0.2) is 42.7 Å². The van der Waals surface area contributed by atoms with E-state index in [0.717, 1.165) is 54.6 Å². The van der Waals surface area contributed by atoms with Crippen molar-refractivity contribution < 1.29 is 9.53 Å². The Kier molecular flexibility index (Phi) is 7.33. The molecule has 2 aliphatic rings. The van der Waals surface area contributed by atoms with Gasteiger partial charge in [-0.15, -0.1) is 0 Å².